The van der Waals surface area contributed by atoms with Crippen molar-refractivity contribution in [2.75, 3.05) is 13.2 Å². The van der Waals surface area contributed by atoms with Crippen LogP contribution in [0.3, 0.4) is 0 Å². The van der Waals surface area contributed by atoms with E-state index in [1.165, 1.54) is 96.3 Å². The van der Waals surface area contributed by atoms with Gasteiger partial charge in [-0.1, -0.05) is 179 Å². The molecule has 0 aliphatic rings. The first kappa shape index (κ1) is 51.6. The van der Waals surface area contributed by atoms with E-state index in [1.54, 1.807) is 0 Å². The number of esters is 3. The topological polar surface area (TPSA) is 78.9 Å². The van der Waals surface area contributed by atoms with Gasteiger partial charge in [0.25, 0.3) is 0 Å². The molecule has 0 spiro atoms. The van der Waals surface area contributed by atoms with Gasteiger partial charge in [-0.25, -0.2) is 0 Å². The van der Waals surface area contributed by atoms with Crippen LogP contribution in [-0.4, -0.2) is 37.2 Å². The number of rotatable bonds is 41. The van der Waals surface area contributed by atoms with Gasteiger partial charge < -0.3 is 14.2 Å². The van der Waals surface area contributed by atoms with E-state index in [0.717, 1.165) is 96.3 Å². The molecule has 0 fully saturated rings. The van der Waals surface area contributed by atoms with Gasteiger partial charge in [-0.15, -0.1) is 0 Å². The molecular weight excluding hydrogens is 673 g/mol. The normalized spacial score (nSPS) is 12.3. The Kier molecular flexibility index (Phi) is 41.5. The molecule has 1 unspecified atom stereocenters. The Morgan fingerprint density at radius 2 is 0.704 bits per heavy atom. The van der Waals surface area contributed by atoms with Crippen molar-refractivity contribution in [3.8, 4) is 0 Å². The van der Waals surface area contributed by atoms with E-state index in [9.17, 15) is 14.4 Å². The quantitative estimate of drug-likeness (QED) is 0.0267. The minimum Gasteiger partial charge on any atom is -0.462 e. The average molecular weight is 759 g/mol. The molecule has 0 aromatic heterocycles. The second-order valence-corrected chi connectivity index (χ2v) is 15.3. The molecule has 314 valence electrons. The summed E-state index contributed by atoms with van der Waals surface area (Å²) in [6.07, 6.45) is 48.3. The van der Waals surface area contributed by atoms with Gasteiger partial charge in [0.05, 0.1) is 0 Å². The highest BCUT2D eigenvalue weighted by molar-refractivity contribution is 5.71. The SMILES string of the molecule is CCC/C=C\C/C=C\CCCCCCCC(=O)OCC(COC(=O)CCCCCCCCCCCCC)OC(=O)CCCCCCC/C=C\CCCCC. The van der Waals surface area contributed by atoms with Crippen LogP contribution < -0.4 is 0 Å². The summed E-state index contributed by atoms with van der Waals surface area (Å²) in [5.41, 5.74) is 0. The molecule has 0 bridgehead atoms. The molecule has 0 heterocycles. The lowest BCUT2D eigenvalue weighted by atomic mass is 10.1. The standard InChI is InChI=1S/C48H86O6/c1-4-7-10-13-16-19-22-24-27-29-32-35-38-41-47(50)53-44-45(43-52-46(49)40-37-34-31-28-25-21-18-15-12-9-6-3)54-48(51)42-39-36-33-30-26-23-20-17-14-11-8-5-2/h10,13,17,19-20,22,45H,4-9,11-12,14-16,18,21,23-44H2,1-3H3/b13-10-,20-17-,22-19-. The summed E-state index contributed by atoms with van der Waals surface area (Å²) in [4.78, 5) is 37.7. The van der Waals surface area contributed by atoms with Crippen LogP contribution in [0.25, 0.3) is 0 Å². The number of carbonyl (C=O) groups excluding carboxylic acids is 3. The van der Waals surface area contributed by atoms with Gasteiger partial charge in [0.2, 0.25) is 0 Å². The molecule has 0 rings (SSSR count). The highest BCUT2D eigenvalue weighted by Crippen LogP contribution is 2.14. The molecule has 6 heteroatoms. The van der Waals surface area contributed by atoms with Crippen LogP contribution in [-0.2, 0) is 28.6 Å². The van der Waals surface area contributed by atoms with E-state index in [2.05, 4.69) is 57.2 Å². The number of hydrogen-bond donors (Lipinski definition) is 0. The Morgan fingerprint density at radius 3 is 1.15 bits per heavy atom. The van der Waals surface area contributed by atoms with Crippen molar-refractivity contribution in [2.24, 2.45) is 0 Å². The van der Waals surface area contributed by atoms with E-state index in [1.807, 2.05) is 0 Å². The Hall–Kier alpha value is -2.37. The average Bonchev–Trinajstić information content (AvgIpc) is 3.17. The van der Waals surface area contributed by atoms with Crippen molar-refractivity contribution < 1.29 is 28.6 Å². The van der Waals surface area contributed by atoms with Crippen LogP contribution in [0.4, 0.5) is 0 Å². The minimum atomic E-state index is -0.776. The molecule has 0 amide bonds. The summed E-state index contributed by atoms with van der Waals surface area (Å²) < 4.78 is 16.7. The summed E-state index contributed by atoms with van der Waals surface area (Å²) in [6, 6.07) is 0. The second kappa shape index (κ2) is 43.4. The zero-order valence-corrected chi connectivity index (χ0v) is 35.7. The number of ether oxygens (including phenoxy) is 3. The maximum absolute atomic E-state index is 12.7. The fourth-order valence-corrected chi connectivity index (χ4v) is 6.36. The molecule has 0 N–H and O–H groups in total. The highest BCUT2D eigenvalue weighted by Gasteiger charge is 2.19. The lowest BCUT2D eigenvalue weighted by molar-refractivity contribution is -0.167. The molecule has 0 radical (unpaired) electrons. The number of allylic oxidation sites excluding steroid dienone is 6. The van der Waals surface area contributed by atoms with Gasteiger partial charge in [-0.3, -0.25) is 14.4 Å². The van der Waals surface area contributed by atoms with Crippen LogP contribution in [0.5, 0.6) is 0 Å². The van der Waals surface area contributed by atoms with Crippen molar-refractivity contribution in [2.45, 2.75) is 239 Å². The van der Waals surface area contributed by atoms with Crippen molar-refractivity contribution in [3.05, 3.63) is 36.5 Å². The monoisotopic (exact) mass is 759 g/mol. The fraction of sp³-hybridized carbons (Fsp3) is 0.812. The molecule has 54 heavy (non-hydrogen) atoms. The first-order chi connectivity index (χ1) is 26.5. The van der Waals surface area contributed by atoms with Crippen molar-refractivity contribution in [3.63, 3.8) is 0 Å². The summed E-state index contributed by atoms with van der Waals surface area (Å²) in [6.45, 7) is 6.52. The summed E-state index contributed by atoms with van der Waals surface area (Å²) >= 11 is 0. The zero-order chi connectivity index (χ0) is 39.4. The van der Waals surface area contributed by atoms with Crippen molar-refractivity contribution in [1.29, 1.82) is 0 Å². The Labute approximate surface area is 334 Å². The molecule has 0 aliphatic heterocycles. The van der Waals surface area contributed by atoms with E-state index >= 15 is 0 Å². The Balaban J connectivity index is 4.39. The van der Waals surface area contributed by atoms with Crippen LogP contribution >= 0.6 is 0 Å². The van der Waals surface area contributed by atoms with Gasteiger partial charge in [0.1, 0.15) is 13.2 Å². The third-order valence-electron chi connectivity index (χ3n) is 9.85. The first-order valence-electron chi connectivity index (χ1n) is 23.0. The Bertz CT molecular complexity index is 922. The smallest absolute Gasteiger partial charge is 0.306 e. The highest BCUT2D eigenvalue weighted by atomic mass is 16.6. The molecule has 0 saturated carbocycles. The minimum absolute atomic E-state index is 0.0781. The molecule has 0 aromatic carbocycles. The largest absolute Gasteiger partial charge is 0.462 e. The van der Waals surface area contributed by atoms with Gasteiger partial charge in [-0.2, -0.15) is 0 Å². The maximum atomic E-state index is 12.7. The molecule has 0 saturated heterocycles. The van der Waals surface area contributed by atoms with Gasteiger partial charge >= 0.3 is 17.9 Å². The van der Waals surface area contributed by atoms with Crippen LogP contribution in [0.2, 0.25) is 0 Å². The molecule has 0 aliphatic carbocycles. The number of hydrogen-bond acceptors (Lipinski definition) is 6. The van der Waals surface area contributed by atoms with E-state index in [-0.39, 0.29) is 31.1 Å². The third-order valence-corrected chi connectivity index (χ3v) is 9.85. The van der Waals surface area contributed by atoms with E-state index in [0.29, 0.717) is 19.3 Å². The Morgan fingerprint density at radius 1 is 0.370 bits per heavy atom. The first-order valence-corrected chi connectivity index (χ1v) is 23.0. The predicted molar refractivity (Wildman–Crippen MR) is 229 cm³/mol. The van der Waals surface area contributed by atoms with Crippen molar-refractivity contribution in [1.82, 2.24) is 0 Å². The molecular formula is C48H86O6. The lowest BCUT2D eigenvalue weighted by Gasteiger charge is -2.18. The fourth-order valence-electron chi connectivity index (χ4n) is 6.36. The summed E-state index contributed by atoms with van der Waals surface area (Å²) in [5, 5.41) is 0. The van der Waals surface area contributed by atoms with Gasteiger partial charge in [0.15, 0.2) is 6.10 Å². The summed E-state index contributed by atoms with van der Waals surface area (Å²) in [5.74, 6) is -0.901. The van der Waals surface area contributed by atoms with Gasteiger partial charge in [0, 0.05) is 19.3 Å². The van der Waals surface area contributed by atoms with E-state index < -0.39 is 6.10 Å². The predicted octanol–water partition coefficient (Wildman–Crippen LogP) is 14.6. The third kappa shape index (κ3) is 40.8. The van der Waals surface area contributed by atoms with Crippen molar-refractivity contribution >= 4 is 17.9 Å². The molecule has 0 aromatic rings. The number of carbonyl (C=O) groups is 3. The second-order valence-electron chi connectivity index (χ2n) is 15.3. The van der Waals surface area contributed by atoms with Crippen LogP contribution in [0.15, 0.2) is 36.5 Å². The zero-order valence-electron chi connectivity index (χ0n) is 35.7. The number of unbranched alkanes of at least 4 members (excludes halogenated alkanes) is 24. The molecule has 6 nitrogen and oxygen atoms in total. The summed E-state index contributed by atoms with van der Waals surface area (Å²) in [7, 11) is 0. The maximum Gasteiger partial charge on any atom is 0.306 e. The van der Waals surface area contributed by atoms with Crippen LogP contribution in [0, 0.1) is 0 Å². The van der Waals surface area contributed by atoms with Crippen LogP contribution in [0.1, 0.15) is 233 Å². The van der Waals surface area contributed by atoms with E-state index in [4.69, 9.17) is 14.2 Å². The molecule has 1 atom stereocenters. The lowest BCUT2D eigenvalue weighted by Crippen LogP contribution is -2.30. The van der Waals surface area contributed by atoms with Gasteiger partial charge in [-0.05, 0) is 70.6 Å².